The molecule has 0 aliphatic carbocycles. The summed E-state index contributed by atoms with van der Waals surface area (Å²) in [5.74, 6) is -3.33. The molecule has 0 aromatic rings. The Bertz CT molecular complexity index is 469. The maximum Gasteiger partial charge on any atom is 3.00 e. The number of carbonyl (C=O) groups is 3. The van der Waals surface area contributed by atoms with Gasteiger partial charge in [0.15, 0.2) is 0 Å². The van der Waals surface area contributed by atoms with Crippen molar-refractivity contribution in [3.8, 4) is 0 Å². The van der Waals surface area contributed by atoms with Crippen LogP contribution in [0.25, 0.3) is 0 Å². The van der Waals surface area contributed by atoms with Crippen LogP contribution in [0.15, 0.2) is 0 Å². The Morgan fingerprint density at radius 1 is 0.467 bits per heavy atom. The van der Waals surface area contributed by atoms with Gasteiger partial charge >= 0.3 is 25.8 Å². The quantitative estimate of drug-likeness (QED) is 0.326. The second kappa shape index (κ2) is 14.2. The van der Waals surface area contributed by atoms with Gasteiger partial charge < -0.3 is 29.7 Å². The fraction of sp³-hybridized carbons (Fsp3) is 0.833. The molecular weight excluding hydrogens is 497 g/mol. The van der Waals surface area contributed by atoms with Gasteiger partial charge in [-0.2, -0.15) is 0 Å². The third kappa shape index (κ3) is 10.9. The fourth-order valence-electron chi connectivity index (χ4n) is 3.73. The molecule has 166 valence electrons. The molecule has 0 N–H and O–H groups in total. The van der Waals surface area contributed by atoms with Crippen LogP contribution in [0, 0.1) is 0 Å². The van der Waals surface area contributed by atoms with E-state index in [1.807, 2.05) is 14.7 Å². The predicted octanol–water partition coefficient (Wildman–Crippen LogP) is -6.61. The van der Waals surface area contributed by atoms with Crippen molar-refractivity contribution < 1.29 is 29.7 Å². The van der Waals surface area contributed by atoms with E-state index in [-0.39, 0.29) is 45.5 Å². The molecule has 0 aromatic carbocycles. The van der Waals surface area contributed by atoms with E-state index < -0.39 is 17.9 Å². The minimum Gasteiger partial charge on any atom is -0.549 e. The summed E-state index contributed by atoms with van der Waals surface area (Å²) in [5, 5.41) is 33.3. The number of fused-ring (bicyclic) bond motifs is 12. The number of carboxylic acids is 3. The zero-order valence-corrected chi connectivity index (χ0v) is 20.7. The SMILES string of the molecule is O=C([O-])CN1CCN2CCN(CC(=O)[O-])CCN(CC1)CCN(CC(=O)[O-])CC2.[In+3]. The van der Waals surface area contributed by atoms with Crippen LogP contribution < -0.4 is 15.3 Å². The molecule has 0 radical (unpaired) electrons. The van der Waals surface area contributed by atoms with Crippen LogP contribution in [-0.4, -0.2) is 166 Å². The van der Waals surface area contributed by atoms with Gasteiger partial charge in [0.25, 0.3) is 0 Å². The van der Waals surface area contributed by atoms with E-state index in [2.05, 4.69) is 9.80 Å². The first kappa shape index (κ1) is 27.1. The van der Waals surface area contributed by atoms with E-state index >= 15 is 0 Å². The van der Waals surface area contributed by atoms with Crippen molar-refractivity contribution in [3.05, 3.63) is 0 Å². The third-order valence-electron chi connectivity index (χ3n) is 5.45. The summed E-state index contributed by atoms with van der Waals surface area (Å²) in [6, 6.07) is 0. The van der Waals surface area contributed by atoms with Gasteiger partial charge in [-0.1, -0.05) is 0 Å². The van der Waals surface area contributed by atoms with Gasteiger partial charge in [0.2, 0.25) is 0 Å². The molecule has 0 aromatic heterocycles. The fourth-order valence-corrected chi connectivity index (χ4v) is 3.73. The van der Waals surface area contributed by atoms with E-state index in [4.69, 9.17) is 0 Å². The number of rotatable bonds is 6. The average molecular weight is 527 g/mol. The summed E-state index contributed by atoms with van der Waals surface area (Å²) < 4.78 is 0. The van der Waals surface area contributed by atoms with Crippen LogP contribution in [0.5, 0.6) is 0 Å². The van der Waals surface area contributed by atoms with Crippen LogP contribution in [-0.2, 0) is 14.4 Å². The molecule has 0 spiro atoms. The number of carboxylic acid groups (broad SMARTS) is 3. The predicted molar refractivity (Wildman–Crippen MR) is 103 cm³/mol. The maximum atomic E-state index is 11.1. The molecule has 0 atom stereocenters. The first-order valence-electron chi connectivity index (χ1n) is 10.0. The van der Waals surface area contributed by atoms with Crippen LogP contribution in [0.3, 0.4) is 0 Å². The minimum absolute atomic E-state index is 0. The molecule has 0 amide bonds. The largest absolute Gasteiger partial charge is 3.00 e. The summed E-state index contributed by atoms with van der Waals surface area (Å²) in [5.41, 5.74) is 0. The minimum atomic E-state index is -1.11. The second-order valence-electron chi connectivity index (χ2n) is 7.63. The molecule has 3 aliphatic heterocycles. The zero-order valence-electron chi connectivity index (χ0n) is 17.4. The summed E-state index contributed by atoms with van der Waals surface area (Å²) in [6.45, 7) is 6.49. The van der Waals surface area contributed by atoms with Crippen LogP contribution in [0.4, 0.5) is 0 Å². The van der Waals surface area contributed by atoms with E-state index in [1.165, 1.54) is 0 Å². The number of carbonyl (C=O) groups excluding carboxylic acids is 3. The van der Waals surface area contributed by atoms with Gasteiger partial charge in [-0.05, 0) is 0 Å². The summed E-state index contributed by atoms with van der Waals surface area (Å²) >= 11 is 0. The van der Waals surface area contributed by atoms with Crippen LogP contribution in [0.2, 0.25) is 0 Å². The Kier molecular flexibility index (Phi) is 12.8. The van der Waals surface area contributed by atoms with E-state index in [0.29, 0.717) is 78.5 Å². The van der Waals surface area contributed by atoms with Crippen molar-refractivity contribution in [2.75, 3.05) is 98.2 Å². The van der Waals surface area contributed by atoms with Gasteiger partial charge in [0.05, 0.1) is 17.9 Å². The van der Waals surface area contributed by atoms with Crippen molar-refractivity contribution in [1.29, 1.82) is 0 Å². The van der Waals surface area contributed by atoms with Crippen molar-refractivity contribution in [2.24, 2.45) is 0 Å². The molecule has 0 unspecified atom stereocenters. The molecule has 3 fully saturated rings. The molecule has 0 saturated carbocycles. The number of hydrogen-bond acceptors (Lipinski definition) is 11. The Morgan fingerprint density at radius 3 is 0.833 bits per heavy atom. The monoisotopic (exact) mass is 527 g/mol. The normalized spacial score (nSPS) is 25.6. The van der Waals surface area contributed by atoms with E-state index in [9.17, 15) is 29.7 Å². The van der Waals surface area contributed by atoms with Crippen LogP contribution >= 0.6 is 0 Å². The first-order valence-corrected chi connectivity index (χ1v) is 10.0. The Morgan fingerprint density at radius 2 is 0.667 bits per heavy atom. The smallest absolute Gasteiger partial charge is 0.549 e. The van der Waals surface area contributed by atoms with Gasteiger partial charge in [0.1, 0.15) is 0 Å². The summed E-state index contributed by atoms with van der Waals surface area (Å²) in [4.78, 5) is 43.1. The van der Waals surface area contributed by atoms with Crippen molar-refractivity contribution in [3.63, 3.8) is 0 Å². The Balaban J connectivity index is 0.00000450. The molecule has 11 nitrogen and oxygen atoms in total. The average Bonchev–Trinajstić information content (AvgIpc) is 2.61. The zero-order chi connectivity index (χ0) is 21.2. The van der Waals surface area contributed by atoms with Gasteiger partial charge in [-0.25, -0.2) is 0 Å². The molecular formula is C18H30InN5O6. The topological polar surface area (TPSA) is 137 Å². The summed E-state index contributed by atoms with van der Waals surface area (Å²) in [7, 11) is 0. The van der Waals surface area contributed by atoms with Crippen molar-refractivity contribution >= 4 is 43.8 Å². The van der Waals surface area contributed by atoms with E-state index in [1.54, 1.807) is 0 Å². The van der Waals surface area contributed by atoms with Gasteiger partial charge in [-0.3, -0.25) is 24.5 Å². The molecule has 3 rings (SSSR count). The standard InChI is InChI=1S/C18H33N5O6.In/c24-16(25)13-21-7-1-19-2-8-22(14-17(26)27)11-5-20(4-10-21)6-12-23(9-3-19)15-18(28)29;/h1-15H2,(H,24,25)(H,26,27)(H,28,29);/q;+3/p-3. The third-order valence-corrected chi connectivity index (χ3v) is 5.45. The van der Waals surface area contributed by atoms with Gasteiger partial charge in [0, 0.05) is 98.2 Å². The van der Waals surface area contributed by atoms with Gasteiger partial charge in [-0.15, -0.1) is 0 Å². The Hall–Kier alpha value is -0.920. The number of nitrogens with zero attached hydrogens (tertiary/aromatic N) is 5. The van der Waals surface area contributed by atoms with Crippen LogP contribution in [0.1, 0.15) is 0 Å². The molecule has 30 heavy (non-hydrogen) atoms. The Labute approximate surface area is 196 Å². The molecule has 3 aliphatic rings. The molecule has 12 heteroatoms. The number of hydrogen-bond donors (Lipinski definition) is 0. The molecule has 3 heterocycles. The molecule has 3 saturated heterocycles. The first-order chi connectivity index (χ1) is 13.8. The van der Waals surface area contributed by atoms with E-state index in [0.717, 1.165) is 0 Å². The second-order valence-corrected chi connectivity index (χ2v) is 7.63. The molecule has 2 bridgehead atoms. The van der Waals surface area contributed by atoms with Crippen molar-refractivity contribution in [1.82, 2.24) is 24.5 Å². The summed E-state index contributed by atoms with van der Waals surface area (Å²) in [6.07, 6.45) is 0. The number of aliphatic carboxylic acids is 3. The van der Waals surface area contributed by atoms with Crippen molar-refractivity contribution in [2.45, 2.75) is 0 Å². The maximum absolute atomic E-state index is 11.1.